The van der Waals surface area contributed by atoms with E-state index in [4.69, 9.17) is 19.9 Å². The number of primary amides is 1. The number of nitrogens with one attached hydrogen (secondary N) is 2. The van der Waals surface area contributed by atoms with Crippen LogP contribution in [-0.4, -0.2) is 187 Å². The molecule has 1 aliphatic carbocycles. The van der Waals surface area contributed by atoms with Crippen molar-refractivity contribution in [3.63, 3.8) is 0 Å². The fraction of sp³-hybridized carbons (Fsp3) is 0.687. The molecule has 3 fully saturated rings. The summed E-state index contributed by atoms with van der Waals surface area (Å²) in [5, 5.41) is 8.09. The molecule has 2 bridgehead atoms. The van der Waals surface area contributed by atoms with Crippen LogP contribution >= 0.6 is 11.3 Å². The van der Waals surface area contributed by atoms with Gasteiger partial charge in [0.05, 0.1) is 67.6 Å². The van der Waals surface area contributed by atoms with Gasteiger partial charge in [0.25, 0.3) is 11.8 Å². The number of carbonyl (C=O) groups excluding carboxylic acids is 10. The van der Waals surface area contributed by atoms with Gasteiger partial charge in [-0.3, -0.25) is 53.0 Å². The summed E-state index contributed by atoms with van der Waals surface area (Å²) >= 11 is 1.45. The number of imide groups is 1. The molecule has 0 spiro atoms. The van der Waals surface area contributed by atoms with Crippen molar-refractivity contribution in [1.29, 1.82) is 0 Å². The first-order chi connectivity index (χ1) is 42.4. The number of urea groups is 1. The molecular weight excluding hydrogens is 1160 g/mol. The second kappa shape index (κ2) is 34.4. The number of ether oxygens (including phenoxy) is 3. The van der Waals surface area contributed by atoms with Crippen LogP contribution in [0.1, 0.15) is 154 Å². The molecule has 2 saturated heterocycles. The van der Waals surface area contributed by atoms with Crippen molar-refractivity contribution < 1.29 is 62.2 Å². The molecule has 1 aromatic carbocycles. The standard InChI is InChI=1S/C67H100N8O13S/c1-12-42(6)61(73(9)66(84)51(41(4)5)38-56(79)62-46-20-21-48(35-46)72(62)8)57(86-10)39-60(82)74-27-15-19-53(74)63(87-11)43(7)54(77)36-47(65-69-26-31-89-65)33-44-16-13-17-45(32-44)34-55(78)52(18-14-25-70-67(68)85)71-64(83)50(40(2)3)37-49(76)24-29-88-30-28-75-58(80)22-23-59(75)81/h13,16-17,22-23,26,31-32,40-43,46-48,50-53,57,61-63H,12,14-15,18-21,24-25,27-30,33-39H2,1-11H3,(H,71,83)(H3,68,70,85). The molecule has 21 nitrogen and oxygen atoms in total. The lowest BCUT2D eigenvalue weighted by atomic mass is 9.83. The van der Waals surface area contributed by atoms with Gasteiger partial charge in [-0.15, -0.1) is 11.3 Å². The maximum atomic E-state index is 14.7. The first-order valence-corrected chi connectivity index (χ1v) is 33.1. The third-order valence-corrected chi connectivity index (χ3v) is 20.3. The third kappa shape index (κ3) is 19.5. The lowest BCUT2D eigenvalue weighted by molar-refractivity contribution is -0.149. The van der Waals surface area contributed by atoms with E-state index in [9.17, 15) is 47.9 Å². The van der Waals surface area contributed by atoms with Crippen molar-refractivity contribution in [2.45, 2.75) is 193 Å². The number of carbonyl (C=O) groups is 10. The molecule has 4 heterocycles. The second-order valence-corrected chi connectivity index (χ2v) is 26.9. The summed E-state index contributed by atoms with van der Waals surface area (Å²) in [7, 11) is 6.98. The Labute approximate surface area is 530 Å². The molecule has 2 aromatic rings. The van der Waals surface area contributed by atoms with Crippen molar-refractivity contribution in [1.82, 2.24) is 35.2 Å². The van der Waals surface area contributed by atoms with E-state index in [0.717, 1.165) is 47.6 Å². The number of nitrogens with two attached hydrogens (primary N) is 1. The Morgan fingerprint density at radius 3 is 2.19 bits per heavy atom. The van der Waals surface area contributed by atoms with Gasteiger partial charge in [0.15, 0.2) is 11.6 Å². The molecule has 3 aliphatic heterocycles. The van der Waals surface area contributed by atoms with Gasteiger partial charge in [-0.25, -0.2) is 9.78 Å². The van der Waals surface area contributed by atoms with Gasteiger partial charge in [0, 0.05) is 120 Å². The number of ketones is 4. The Balaban J connectivity index is 1.08. The number of likely N-dealkylation sites (N-methyl/N-ethyl adjacent to an activating group) is 2. The average Bonchev–Trinajstić information content (AvgIpc) is 2.82. The Morgan fingerprint density at radius 1 is 0.865 bits per heavy atom. The van der Waals surface area contributed by atoms with Gasteiger partial charge in [0.2, 0.25) is 17.7 Å². The third-order valence-electron chi connectivity index (χ3n) is 19.4. The average molecular weight is 1260 g/mol. The van der Waals surface area contributed by atoms with Crippen LogP contribution in [0.3, 0.4) is 0 Å². The van der Waals surface area contributed by atoms with Crippen molar-refractivity contribution in [2.24, 2.45) is 47.2 Å². The zero-order chi connectivity index (χ0) is 65.2. The zero-order valence-corrected chi connectivity index (χ0v) is 55.3. The second-order valence-electron chi connectivity index (χ2n) is 26.0. The largest absolute Gasteiger partial charge is 0.379 e. The van der Waals surface area contributed by atoms with Crippen LogP contribution in [0, 0.1) is 41.4 Å². The van der Waals surface area contributed by atoms with Crippen LogP contribution in [0.4, 0.5) is 4.79 Å². The van der Waals surface area contributed by atoms with Gasteiger partial charge in [-0.1, -0.05) is 79.2 Å². The number of rotatable bonds is 39. The topological polar surface area (TPSA) is 274 Å². The highest BCUT2D eigenvalue weighted by atomic mass is 32.1. The highest BCUT2D eigenvalue weighted by molar-refractivity contribution is 7.09. The molecule has 492 valence electrons. The number of methoxy groups -OCH3 is 2. The van der Waals surface area contributed by atoms with Crippen molar-refractivity contribution >= 4 is 70.0 Å². The maximum absolute atomic E-state index is 14.7. The van der Waals surface area contributed by atoms with Gasteiger partial charge in [-0.2, -0.15) is 0 Å². The number of aromatic nitrogens is 1. The number of amides is 7. The normalized spacial score (nSPS) is 21.4. The smallest absolute Gasteiger partial charge is 0.312 e. The maximum Gasteiger partial charge on any atom is 0.312 e. The molecule has 89 heavy (non-hydrogen) atoms. The number of benzene rings is 1. The van der Waals surface area contributed by atoms with Crippen LogP contribution in [0.2, 0.25) is 0 Å². The van der Waals surface area contributed by atoms with E-state index in [1.807, 2.05) is 76.2 Å². The van der Waals surface area contributed by atoms with Crippen molar-refractivity contribution in [3.05, 3.63) is 64.1 Å². The lowest BCUT2D eigenvalue weighted by Crippen LogP contribution is -2.54. The molecule has 6 rings (SSSR count). The number of piperidine rings is 1. The fourth-order valence-corrected chi connectivity index (χ4v) is 14.8. The summed E-state index contributed by atoms with van der Waals surface area (Å²) in [5.41, 5.74) is 6.86. The molecule has 13 atom stereocenters. The number of fused-ring (bicyclic) bond motifs is 2. The number of nitrogens with zero attached hydrogens (tertiary/aromatic N) is 5. The van der Waals surface area contributed by atoms with E-state index in [0.29, 0.717) is 43.3 Å². The summed E-state index contributed by atoms with van der Waals surface area (Å²) in [6.45, 7) is 14.4. The number of thiazole rings is 1. The van der Waals surface area contributed by atoms with E-state index in [2.05, 4.69) is 34.4 Å². The van der Waals surface area contributed by atoms with E-state index in [1.165, 1.54) is 23.5 Å². The molecule has 4 aliphatic rings. The van der Waals surface area contributed by atoms with E-state index in [-0.39, 0.29) is 136 Å². The first-order valence-electron chi connectivity index (χ1n) is 32.2. The molecule has 22 heteroatoms. The summed E-state index contributed by atoms with van der Waals surface area (Å²) in [5.74, 6) is -4.26. The van der Waals surface area contributed by atoms with E-state index >= 15 is 0 Å². The molecule has 4 N–H and O–H groups in total. The van der Waals surface area contributed by atoms with Gasteiger partial charge in [0.1, 0.15) is 11.6 Å². The minimum atomic E-state index is -0.959. The summed E-state index contributed by atoms with van der Waals surface area (Å²) in [4.78, 5) is 146. The predicted octanol–water partition coefficient (Wildman–Crippen LogP) is 6.67. The van der Waals surface area contributed by atoms with E-state index < -0.39 is 71.8 Å². The Morgan fingerprint density at radius 2 is 1.57 bits per heavy atom. The fourth-order valence-electron chi connectivity index (χ4n) is 14.0. The first kappa shape index (κ1) is 72.0. The molecule has 13 unspecified atom stereocenters. The minimum Gasteiger partial charge on any atom is -0.379 e. The van der Waals surface area contributed by atoms with Crippen molar-refractivity contribution in [3.8, 4) is 0 Å². The van der Waals surface area contributed by atoms with E-state index in [1.54, 1.807) is 32.4 Å². The monoisotopic (exact) mass is 1260 g/mol. The van der Waals surface area contributed by atoms with Gasteiger partial charge in [-0.05, 0) is 93.2 Å². The number of hydrogen-bond acceptors (Lipinski definition) is 16. The summed E-state index contributed by atoms with van der Waals surface area (Å²) in [6.07, 6.45) is 9.20. The molecule has 1 aromatic heterocycles. The van der Waals surface area contributed by atoms with Crippen LogP contribution in [0.15, 0.2) is 48.0 Å². The van der Waals surface area contributed by atoms with Crippen LogP contribution in [0.25, 0.3) is 0 Å². The minimum absolute atomic E-state index is 0.00584. The molecule has 7 amide bonds. The van der Waals surface area contributed by atoms with Gasteiger partial charge >= 0.3 is 6.03 Å². The highest BCUT2D eigenvalue weighted by Gasteiger charge is 2.49. The quantitative estimate of drug-likeness (QED) is 0.0466. The lowest BCUT2D eigenvalue weighted by Gasteiger charge is -2.41. The zero-order valence-electron chi connectivity index (χ0n) is 54.5. The number of Topliss-reactive ketones (excluding diaryl/α,β-unsaturated/α-hetero) is 4. The van der Waals surface area contributed by atoms with Crippen LogP contribution < -0.4 is 16.4 Å². The highest BCUT2D eigenvalue weighted by Crippen LogP contribution is 2.43. The summed E-state index contributed by atoms with van der Waals surface area (Å²) < 4.78 is 17.9. The SMILES string of the molecule is CCC(C)C(C(CC(=O)N1CCCC1C(OC)C(C)C(=O)CC(Cc1cccc(CC(=O)C(CCCNC(N)=O)NC(=O)C(CC(=O)CCOCCN2C(=O)C=CC2=O)C(C)C)c1)c1nccs1)OC)N(C)C(=O)C(CC(=O)C1C2CCC(C2)N1C)C(C)C. The predicted molar refractivity (Wildman–Crippen MR) is 338 cm³/mol. The van der Waals surface area contributed by atoms with Crippen LogP contribution in [-0.2, 0) is 70.2 Å². The van der Waals surface area contributed by atoms with Crippen molar-refractivity contribution in [2.75, 3.05) is 61.2 Å². The Hall–Kier alpha value is -6.07. The number of likely N-dealkylation sites (tertiary alicyclic amines) is 2. The summed E-state index contributed by atoms with van der Waals surface area (Å²) in [6, 6.07) is 5.29. The molecule has 1 saturated carbocycles. The molecule has 0 radical (unpaired) electrons. The molecular formula is C67H100N8O13S. The van der Waals surface area contributed by atoms with Crippen LogP contribution in [0.5, 0.6) is 0 Å². The van der Waals surface area contributed by atoms with Gasteiger partial charge < -0.3 is 40.4 Å². The Bertz CT molecular complexity index is 2770. The number of hydrogen-bond donors (Lipinski definition) is 3. The Kier molecular flexibility index (Phi) is 27.8.